The molecular weight excluding hydrogens is 217 g/mol. The van der Waals surface area contributed by atoms with Gasteiger partial charge in [-0.15, -0.1) is 0 Å². The monoisotopic (exact) mass is 231 g/mol. The van der Waals surface area contributed by atoms with Gasteiger partial charge in [-0.3, -0.25) is 0 Å². The van der Waals surface area contributed by atoms with Gasteiger partial charge in [0.05, 0.1) is 6.10 Å². The highest BCUT2D eigenvalue weighted by molar-refractivity contribution is 6.31. The molecule has 84 valence electrons. The molecule has 0 aliphatic heterocycles. The van der Waals surface area contributed by atoms with Crippen molar-refractivity contribution in [1.82, 2.24) is 4.90 Å². The van der Waals surface area contributed by atoms with Gasteiger partial charge in [-0.1, -0.05) is 11.6 Å². The normalized spacial score (nSPS) is 13.2. The highest BCUT2D eigenvalue weighted by Crippen LogP contribution is 2.25. The van der Waals surface area contributed by atoms with Gasteiger partial charge in [0.1, 0.15) is 5.82 Å². The Bertz CT molecular complexity index is 330. The second-order valence-electron chi connectivity index (χ2n) is 3.77. The molecule has 1 atom stereocenters. The molecule has 0 saturated heterocycles. The van der Waals surface area contributed by atoms with E-state index in [2.05, 4.69) is 0 Å². The molecule has 1 rings (SSSR count). The van der Waals surface area contributed by atoms with E-state index in [1.54, 1.807) is 0 Å². The molecule has 0 saturated carbocycles. The lowest BCUT2D eigenvalue weighted by molar-refractivity contribution is 0.154. The number of halogens is 2. The van der Waals surface area contributed by atoms with Crippen LogP contribution in [0.1, 0.15) is 18.1 Å². The van der Waals surface area contributed by atoms with Gasteiger partial charge in [-0.25, -0.2) is 4.39 Å². The molecule has 0 aromatic heterocycles. The van der Waals surface area contributed by atoms with Gasteiger partial charge >= 0.3 is 0 Å². The van der Waals surface area contributed by atoms with Crippen LogP contribution >= 0.6 is 11.6 Å². The zero-order valence-electron chi connectivity index (χ0n) is 8.87. The largest absolute Gasteiger partial charge is 0.388 e. The summed E-state index contributed by atoms with van der Waals surface area (Å²) in [5.74, 6) is -0.377. The summed E-state index contributed by atoms with van der Waals surface area (Å²) in [6.45, 7) is 0.730. The SMILES string of the molecule is CN(C)CCC(O)c1cc(F)ccc1Cl. The molecule has 1 aromatic rings. The summed E-state index contributed by atoms with van der Waals surface area (Å²) in [6.07, 6.45) is -0.175. The van der Waals surface area contributed by atoms with Crippen molar-refractivity contribution < 1.29 is 9.50 Å². The molecule has 0 spiro atoms. The van der Waals surface area contributed by atoms with Crippen molar-refractivity contribution in [3.63, 3.8) is 0 Å². The first kappa shape index (κ1) is 12.4. The number of hydrogen-bond acceptors (Lipinski definition) is 2. The standard InChI is InChI=1S/C11H15ClFNO/c1-14(2)6-5-11(15)9-7-8(13)3-4-10(9)12/h3-4,7,11,15H,5-6H2,1-2H3. The molecule has 0 aliphatic carbocycles. The summed E-state index contributed by atoms with van der Waals surface area (Å²) >= 11 is 5.87. The van der Waals surface area contributed by atoms with E-state index >= 15 is 0 Å². The minimum atomic E-state index is -0.712. The van der Waals surface area contributed by atoms with Crippen LogP contribution in [0.25, 0.3) is 0 Å². The third-order valence-corrected chi connectivity index (χ3v) is 2.51. The number of aliphatic hydroxyl groups is 1. The van der Waals surface area contributed by atoms with Gasteiger partial charge in [0, 0.05) is 17.1 Å². The predicted octanol–water partition coefficient (Wildman–Crippen LogP) is 2.46. The Morgan fingerprint density at radius 3 is 2.73 bits per heavy atom. The zero-order chi connectivity index (χ0) is 11.4. The van der Waals surface area contributed by atoms with Gasteiger partial charge < -0.3 is 10.0 Å². The Morgan fingerprint density at radius 1 is 1.47 bits per heavy atom. The molecule has 0 heterocycles. The quantitative estimate of drug-likeness (QED) is 0.861. The van der Waals surface area contributed by atoms with Crippen LogP contribution in [0.15, 0.2) is 18.2 Å². The third kappa shape index (κ3) is 3.78. The van der Waals surface area contributed by atoms with Crippen molar-refractivity contribution in [3.8, 4) is 0 Å². The summed E-state index contributed by atoms with van der Waals surface area (Å²) < 4.78 is 12.9. The first-order chi connectivity index (χ1) is 7.00. The van der Waals surface area contributed by atoms with E-state index in [0.717, 1.165) is 6.54 Å². The van der Waals surface area contributed by atoms with Crippen LogP contribution in [0, 0.1) is 5.82 Å². The van der Waals surface area contributed by atoms with Gasteiger partial charge in [-0.2, -0.15) is 0 Å². The fourth-order valence-electron chi connectivity index (χ4n) is 1.31. The molecule has 0 bridgehead atoms. The van der Waals surface area contributed by atoms with Crippen LogP contribution in [-0.4, -0.2) is 30.6 Å². The van der Waals surface area contributed by atoms with Crippen LogP contribution in [0.3, 0.4) is 0 Å². The third-order valence-electron chi connectivity index (χ3n) is 2.17. The number of aliphatic hydroxyl groups excluding tert-OH is 1. The molecule has 4 heteroatoms. The zero-order valence-corrected chi connectivity index (χ0v) is 9.63. The van der Waals surface area contributed by atoms with Crippen molar-refractivity contribution in [2.75, 3.05) is 20.6 Å². The molecule has 2 nitrogen and oxygen atoms in total. The minimum absolute atomic E-state index is 0.377. The summed E-state index contributed by atoms with van der Waals surface area (Å²) in [5, 5.41) is 10.2. The predicted molar refractivity (Wildman–Crippen MR) is 59.5 cm³/mol. The summed E-state index contributed by atoms with van der Waals surface area (Å²) in [7, 11) is 3.83. The van der Waals surface area contributed by atoms with Crippen LogP contribution < -0.4 is 0 Å². The fourth-order valence-corrected chi connectivity index (χ4v) is 1.55. The molecule has 15 heavy (non-hydrogen) atoms. The smallest absolute Gasteiger partial charge is 0.123 e. The van der Waals surface area contributed by atoms with E-state index in [9.17, 15) is 9.50 Å². The Morgan fingerprint density at radius 2 is 2.13 bits per heavy atom. The number of nitrogens with zero attached hydrogens (tertiary/aromatic N) is 1. The van der Waals surface area contributed by atoms with Crippen LogP contribution in [-0.2, 0) is 0 Å². The van der Waals surface area contributed by atoms with E-state index in [-0.39, 0.29) is 5.82 Å². The Kier molecular flexibility index (Phi) is 4.51. The first-order valence-electron chi connectivity index (χ1n) is 4.78. The minimum Gasteiger partial charge on any atom is -0.388 e. The second-order valence-corrected chi connectivity index (χ2v) is 4.18. The van der Waals surface area contributed by atoms with Gasteiger partial charge in [0.15, 0.2) is 0 Å². The number of rotatable bonds is 4. The Hall–Kier alpha value is -0.640. The lowest BCUT2D eigenvalue weighted by Gasteiger charge is -2.15. The molecule has 1 unspecified atom stereocenters. The molecule has 0 aliphatic rings. The van der Waals surface area contributed by atoms with Crippen molar-refractivity contribution in [3.05, 3.63) is 34.6 Å². The van der Waals surface area contributed by atoms with Crippen LogP contribution in [0.2, 0.25) is 5.02 Å². The number of hydrogen-bond donors (Lipinski definition) is 1. The molecule has 0 radical (unpaired) electrons. The van der Waals surface area contributed by atoms with Gasteiger partial charge in [-0.05, 0) is 38.7 Å². The van der Waals surface area contributed by atoms with Crippen LogP contribution in [0.4, 0.5) is 4.39 Å². The Labute approximate surface area is 94.3 Å². The van der Waals surface area contributed by atoms with E-state index in [1.807, 2.05) is 19.0 Å². The maximum atomic E-state index is 12.9. The topological polar surface area (TPSA) is 23.5 Å². The van der Waals surface area contributed by atoms with Crippen molar-refractivity contribution >= 4 is 11.6 Å². The van der Waals surface area contributed by atoms with Gasteiger partial charge in [0.2, 0.25) is 0 Å². The molecule has 0 amide bonds. The summed E-state index contributed by atoms with van der Waals surface area (Å²) in [6, 6.07) is 4.03. The fraction of sp³-hybridized carbons (Fsp3) is 0.455. The highest BCUT2D eigenvalue weighted by Gasteiger charge is 2.12. The van der Waals surface area contributed by atoms with E-state index < -0.39 is 6.10 Å². The second kappa shape index (κ2) is 5.45. The lowest BCUT2D eigenvalue weighted by Crippen LogP contribution is -2.16. The average Bonchev–Trinajstić information content (AvgIpc) is 2.18. The van der Waals surface area contributed by atoms with E-state index in [1.165, 1.54) is 18.2 Å². The van der Waals surface area contributed by atoms with Crippen molar-refractivity contribution in [2.24, 2.45) is 0 Å². The molecule has 1 N–H and O–H groups in total. The highest BCUT2D eigenvalue weighted by atomic mass is 35.5. The maximum Gasteiger partial charge on any atom is 0.123 e. The summed E-state index contributed by atoms with van der Waals surface area (Å²) in [4.78, 5) is 1.95. The van der Waals surface area contributed by atoms with Crippen LogP contribution in [0.5, 0.6) is 0 Å². The van der Waals surface area contributed by atoms with Crippen molar-refractivity contribution in [2.45, 2.75) is 12.5 Å². The molecular formula is C11H15ClFNO. The summed E-state index contributed by atoms with van der Waals surface area (Å²) in [5.41, 5.74) is 0.457. The van der Waals surface area contributed by atoms with E-state index in [0.29, 0.717) is 17.0 Å². The first-order valence-corrected chi connectivity index (χ1v) is 5.16. The molecule has 1 aromatic carbocycles. The molecule has 0 fully saturated rings. The number of benzene rings is 1. The van der Waals surface area contributed by atoms with Crippen molar-refractivity contribution in [1.29, 1.82) is 0 Å². The maximum absolute atomic E-state index is 12.9. The van der Waals surface area contributed by atoms with Gasteiger partial charge in [0.25, 0.3) is 0 Å². The van der Waals surface area contributed by atoms with E-state index in [4.69, 9.17) is 11.6 Å². The Balaban J connectivity index is 2.72. The lowest BCUT2D eigenvalue weighted by atomic mass is 10.1. The average molecular weight is 232 g/mol.